The van der Waals surface area contributed by atoms with E-state index in [4.69, 9.17) is 27.9 Å². The van der Waals surface area contributed by atoms with Crippen LogP contribution in [0.1, 0.15) is 70.0 Å². The average molecular weight is 537 g/mol. The van der Waals surface area contributed by atoms with Crippen molar-refractivity contribution < 1.29 is 14.3 Å². The topological polar surface area (TPSA) is 46.6 Å². The van der Waals surface area contributed by atoms with Gasteiger partial charge in [0, 0.05) is 27.8 Å². The first-order valence-corrected chi connectivity index (χ1v) is 13.9. The number of thioether (sulfide) groups is 1. The number of hydrogen-bond donors (Lipinski definition) is 0. The predicted octanol–water partition coefficient (Wildman–Crippen LogP) is 7.54. The first-order valence-electron chi connectivity index (χ1n) is 12.1. The summed E-state index contributed by atoms with van der Waals surface area (Å²) in [6.45, 7) is 8.36. The Morgan fingerprint density at radius 3 is 2.40 bits per heavy atom. The van der Waals surface area contributed by atoms with E-state index in [1.807, 2.05) is 61.2 Å². The summed E-state index contributed by atoms with van der Waals surface area (Å²) in [6.07, 6.45) is 1.36. The summed E-state index contributed by atoms with van der Waals surface area (Å²) in [4.78, 5) is 28.8. The number of esters is 1. The van der Waals surface area contributed by atoms with E-state index in [9.17, 15) is 9.59 Å². The molecule has 1 fully saturated rings. The molecule has 2 aromatic rings. The van der Waals surface area contributed by atoms with Gasteiger partial charge in [0.05, 0.1) is 25.0 Å². The Morgan fingerprint density at radius 1 is 1.14 bits per heavy atom. The molecule has 0 radical (unpaired) electrons. The lowest BCUT2D eigenvalue weighted by Crippen LogP contribution is -2.56. The predicted molar refractivity (Wildman–Crippen MR) is 146 cm³/mol. The van der Waals surface area contributed by atoms with Crippen LogP contribution in [0.3, 0.4) is 0 Å². The fourth-order valence-corrected chi connectivity index (χ4v) is 6.36. The number of piperidine rings is 1. The van der Waals surface area contributed by atoms with Crippen LogP contribution in [0.15, 0.2) is 48.5 Å². The van der Waals surface area contributed by atoms with Crippen LogP contribution in [0.25, 0.3) is 0 Å². The van der Waals surface area contributed by atoms with E-state index in [1.165, 1.54) is 7.11 Å². The van der Waals surface area contributed by atoms with Crippen molar-refractivity contribution in [1.82, 2.24) is 4.90 Å². The maximum Gasteiger partial charge on any atom is 0.306 e. The fourth-order valence-electron chi connectivity index (χ4n) is 5.04. The first-order chi connectivity index (χ1) is 16.6. The van der Waals surface area contributed by atoms with E-state index in [0.29, 0.717) is 21.7 Å². The van der Waals surface area contributed by atoms with Crippen molar-refractivity contribution in [3.8, 4) is 0 Å². The van der Waals surface area contributed by atoms with E-state index < -0.39 is 5.41 Å². The second kappa shape index (κ2) is 12.0. The summed E-state index contributed by atoms with van der Waals surface area (Å²) >= 11 is 14.5. The molecule has 190 valence electrons. The number of carbonyl (C=O) groups is 2. The van der Waals surface area contributed by atoms with E-state index in [2.05, 4.69) is 31.7 Å². The van der Waals surface area contributed by atoms with Crippen LogP contribution in [0, 0.1) is 5.41 Å². The highest BCUT2D eigenvalue weighted by Crippen LogP contribution is 2.52. The minimum Gasteiger partial charge on any atom is -0.469 e. The maximum absolute atomic E-state index is 14.3. The second-order valence-corrected chi connectivity index (χ2v) is 12.3. The summed E-state index contributed by atoms with van der Waals surface area (Å²) in [6, 6.07) is 15.4. The van der Waals surface area contributed by atoms with Crippen LogP contribution in [0.5, 0.6) is 0 Å². The highest BCUT2D eigenvalue weighted by molar-refractivity contribution is 7.99. The van der Waals surface area contributed by atoms with Gasteiger partial charge in [0.2, 0.25) is 5.91 Å². The van der Waals surface area contributed by atoms with Crippen molar-refractivity contribution in [2.24, 2.45) is 5.41 Å². The Bertz CT molecular complexity index is 1030. The summed E-state index contributed by atoms with van der Waals surface area (Å²) in [5, 5.41) is 1.75. The van der Waals surface area contributed by atoms with Gasteiger partial charge >= 0.3 is 5.97 Å². The van der Waals surface area contributed by atoms with E-state index in [-0.39, 0.29) is 36.3 Å². The van der Waals surface area contributed by atoms with Crippen LogP contribution in [0.4, 0.5) is 0 Å². The average Bonchev–Trinajstić information content (AvgIpc) is 2.82. The molecule has 1 aliphatic heterocycles. The number of carbonyl (C=O) groups excluding carboxylic acids is 2. The monoisotopic (exact) mass is 535 g/mol. The first kappa shape index (κ1) is 27.9. The van der Waals surface area contributed by atoms with Gasteiger partial charge in [-0.25, -0.2) is 0 Å². The van der Waals surface area contributed by atoms with Crippen molar-refractivity contribution in [3.05, 3.63) is 69.7 Å². The van der Waals surface area contributed by atoms with Gasteiger partial charge in [0.25, 0.3) is 0 Å². The van der Waals surface area contributed by atoms with Gasteiger partial charge in [-0.3, -0.25) is 9.59 Å². The zero-order valence-corrected chi connectivity index (χ0v) is 23.4. The Labute approximate surface area is 223 Å². The Morgan fingerprint density at radius 2 is 1.83 bits per heavy atom. The lowest BCUT2D eigenvalue weighted by molar-refractivity contribution is -0.161. The standard InChI is InChI=1S/C28H35Cl2NO3S/c1-6-23(17-35-18(2)3)31-26(19-10-12-21(29)13-11-19)24(20-8-7-9-22(30)14-20)15-28(4,27(31)33)16-25(32)34-5/h7-14,18,23-24,26H,6,15-17H2,1-5H3/t23?,24-,26-,28-/m1/s1. The van der Waals surface area contributed by atoms with E-state index in [1.54, 1.807) is 0 Å². The molecule has 0 spiro atoms. The smallest absolute Gasteiger partial charge is 0.306 e. The SMILES string of the molecule is CCC(CSC(C)C)N1C(=O)[C@@](C)(CC(=O)OC)C[C@H](c2cccc(Cl)c2)[C@H]1c1ccc(Cl)cc1. The molecule has 4 nitrogen and oxygen atoms in total. The molecule has 1 unspecified atom stereocenters. The molecule has 1 saturated heterocycles. The van der Waals surface area contributed by atoms with Gasteiger partial charge in [0.1, 0.15) is 0 Å². The molecule has 4 atom stereocenters. The molecule has 1 aliphatic rings. The van der Waals surface area contributed by atoms with Crippen LogP contribution in [-0.2, 0) is 14.3 Å². The maximum atomic E-state index is 14.3. The van der Waals surface area contributed by atoms with E-state index >= 15 is 0 Å². The molecule has 1 heterocycles. The third-order valence-corrected chi connectivity index (χ3v) is 8.57. The molecule has 2 aromatic carbocycles. The fraction of sp³-hybridized carbons (Fsp3) is 0.500. The molecule has 0 aromatic heterocycles. The van der Waals surface area contributed by atoms with Crippen molar-refractivity contribution in [2.75, 3.05) is 12.9 Å². The third-order valence-electron chi connectivity index (χ3n) is 6.84. The molecular formula is C28H35Cl2NO3S. The number of benzene rings is 2. The van der Waals surface area contributed by atoms with Crippen LogP contribution >= 0.6 is 35.0 Å². The molecule has 0 aliphatic carbocycles. The zero-order chi connectivity index (χ0) is 25.8. The van der Waals surface area contributed by atoms with Gasteiger partial charge in [0.15, 0.2) is 0 Å². The number of hydrogen-bond acceptors (Lipinski definition) is 4. The van der Waals surface area contributed by atoms with Crippen LogP contribution in [0.2, 0.25) is 10.0 Å². The Kier molecular flexibility index (Phi) is 9.59. The van der Waals surface area contributed by atoms with Crippen molar-refractivity contribution in [3.63, 3.8) is 0 Å². The lowest BCUT2D eigenvalue weighted by atomic mass is 9.67. The Balaban J connectivity index is 2.20. The highest BCUT2D eigenvalue weighted by atomic mass is 35.5. The number of halogens is 2. The van der Waals surface area contributed by atoms with Gasteiger partial charge in [-0.1, -0.05) is 75.2 Å². The van der Waals surface area contributed by atoms with Crippen molar-refractivity contribution >= 4 is 46.8 Å². The van der Waals surface area contributed by atoms with Gasteiger partial charge < -0.3 is 9.64 Å². The van der Waals surface area contributed by atoms with Gasteiger partial charge in [-0.05, 0) is 53.5 Å². The van der Waals surface area contributed by atoms with Crippen LogP contribution in [-0.4, -0.2) is 40.9 Å². The van der Waals surface area contributed by atoms with Gasteiger partial charge in [-0.15, -0.1) is 0 Å². The summed E-state index contributed by atoms with van der Waals surface area (Å²) in [5.41, 5.74) is 1.19. The molecule has 1 amide bonds. The molecule has 7 heteroatoms. The summed E-state index contributed by atoms with van der Waals surface area (Å²) in [5.74, 6) is 0.387. The number of amides is 1. The normalized spacial score (nSPS) is 23.4. The molecule has 35 heavy (non-hydrogen) atoms. The second-order valence-electron chi connectivity index (χ2n) is 9.83. The molecular weight excluding hydrogens is 501 g/mol. The molecule has 0 N–H and O–H groups in total. The number of nitrogens with zero attached hydrogens (tertiary/aromatic N) is 1. The lowest BCUT2D eigenvalue weighted by Gasteiger charge is -2.52. The highest BCUT2D eigenvalue weighted by Gasteiger charge is 2.52. The molecule has 0 saturated carbocycles. The van der Waals surface area contributed by atoms with Gasteiger partial charge in [-0.2, -0.15) is 11.8 Å². The number of methoxy groups -OCH3 is 1. The third kappa shape index (κ3) is 6.55. The molecule has 3 rings (SSSR count). The summed E-state index contributed by atoms with van der Waals surface area (Å²) < 4.78 is 5.00. The molecule has 0 bridgehead atoms. The number of likely N-dealkylation sites (tertiary alicyclic amines) is 1. The van der Waals surface area contributed by atoms with E-state index in [0.717, 1.165) is 23.3 Å². The number of ether oxygens (including phenoxy) is 1. The van der Waals surface area contributed by atoms with Crippen molar-refractivity contribution in [1.29, 1.82) is 0 Å². The minimum absolute atomic E-state index is 0.00247. The van der Waals surface area contributed by atoms with Crippen LogP contribution < -0.4 is 0 Å². The Hall–Kier alpha value is -1.69. The quantitative estimate of drug-likeness (QED) is 0.311. The van der Waals surface area contributed by atoms with Crippen molar-refractivity contribution in [2.45, 2.75) is 70.2 Å². The minimum atomic E-state index is -0.890. The summed E-state index contributed by atoms with van der Waals surface area (Å²) in [7, 11) is 1.37. The zero-order valence-electron chi connectivity index (χ0n) is 21.1. The number of rotatable bonds is 9. The largest absolute Gasteiger partial charge is 0.469 e.